The van der Waals surface area contributed by atoms with Gasteiger partial charge in [0, 0.05) is 24.1 Å². The minimum absolute atomic E-state index is 0.171. The summed E-state index contributed by atoms with van der Waals surface area (Å²) in [7, 11) is 0. The van der Waals surface area contributed by atoms with Crippen molar-refractivity contribution in [2.24, 2.45) is 5.92 Å². The van der Waals surface area contributed by atoms with Crippen LogP contribution < -0.4 is 5.32 Å². The fourth-order valence-corrected chi connectivity index (χ4v) is 2.62. The van der Waals surface area contributed by atoms with Gasteiger partial charge >= 0.3 is 0 Å². The van der Waals surface area contributed by atoms with Crippen LogP contribution in [0.1, 0.15) is 24.0 Å². The van der Waals surface area contributed by atoms with E-state index >= 15 is 0 Å². The lowest BCUT2D eigenvalue weighted by atomic mass is 9.98. The fourth-order valence-electron chi connectivity index (χ4n) is 2.62. The minimum atomic E-state index is -2.66. The summed E-state index contributed by atoms with van der Waals surface area (Å²) >= 11 is 0. The van der Waals surface area contributed by atoms with Gasteiger partial charge in [0.1, 0.15) is 0 Å². The molecular formula is C15H19F2NO. The van der Waals surface area contributed by atoms with E-state index in [0.29, 0.717) is 19.4 Å². The van der Waals surface area contributed by atoms with Crippen LogP contribution in [-0.4, -0.2) is 25.8 Å². The molecule has 1 saturated heterocycles. The van der Waals surface area contributed by atoms with Gasteiger partial charge in [-0.1, -0.05) is 18.2 Å². The maximum atomic E-state index is 14.1. The van der Waals surface area contributed by atoms with E-state index in [4.69, 9.17) is 4.74 Å². The number of benzene rings is 1. The second kappa shape index (κ2) is 5.17. The van der Waals surface area contributed by atoms with Gasteiger partial charge in [-0.2, -0.15) is 0 Å². The number of ether oxygens (including phenoxy) is 1. The Labute approximate surface area is 112 Å². The maximum absolute atomic E-state index is 14.1. The van der Waals surface area contributed by atoms with E-state index in [1.54, 1.807) is 18.2 Å². The average Bonchev–Trinajstić information content (AvgIpc) is 3.25. The van der Waals surface area contributed by atoms with Crippen molar-refractivity contribution >= 4 is 0 Å². The third-order valence-electron chi connectivity index (χ3n) is 3.88. The highest BCUT2D eigenvalue weighted by atomic mass is 19.3. The predicted octanol–water partition coefficient (Wildman–Crippen LogP) is 2.72. The first-order valence-electron chi connectivity index (χ1n) is 6.94. The van der Waals surface area contributed by atoms with Crippen molar-refractivity contribution in [3.63, 3.8) is 0 Å². The van der Waals surface area contributed by atoms with Crippen molar-refractivity contribution in [2.75, 3.05) is 19.8 Å². The first-order valence-corrected chi connectivity index (χ1v) is 6.94. The molecule has 2 fully saturated rings. The van der Waals surface area contributed by atoms with Gasteiger partial charge in [-0.3, -0.25) is 0 Å². The fraction of sp³-hybridized carbons (Fsp3) is 0.600. The second-order valence-electron chi connectivity index (χ2n) is 5.53. The SMILES string of the molecule is FC(F)(c1cccc(CC2COCCN2)c1)C1CC1. The lowest BCUT2D eigenvalue weighted by Crippen LogP contribution is -2.42. The van der Waals surface area contributed by atoms with Gasteiger partial charge in [0.25, 0.3) is 5.92 Å². The van der Waals surface area contributed by atoms with Gasteiger partial charge in [-0.25, -0.2) is 8.78 Å². The molecular weight excluding hydrogens is 248 g/mol. The molecule has 0 amide bonds. The molecule has 1 aromatic carbocycles. The van der Waals surface area contributed by atoms with Crippen molar-refractivity contribution in [2.45, 2.75) is 31.2 Å². The van der Waals surface area contributed by atoms with Crippen LogP contribution in [0.2, 0.25) is 0 Å². The largest absolute Gasteiger partial charge is 0.379 e. The number of nitrogens with one attached hydrogen (secondary N) is 1. The number of hydrogen-bond acceptors (Lipinski definition) is 2. The van der Waals surface area contributed by atoms with E-state index in [1.165, 1.54) is 0 Å². The average molecular weight is 267 g/mol. The number of rotatable bonds is 4. The molecule has 0 radical (unpaired) electrons. The molecule has 1 N–H and O–H groups in total. The van der Waals surface area contributed by atoms with E-state index < -0.39 is 11.8 Å². The summed E-state index contributed by atoms with van der Waals surface area (Å²) in [5.74, 6) is -3.11. The van der Waals surface area contributed by atoms with Crippen LogP contribution in [0.25, 0.3) is 0 Å². The van der Waals surface area contributed by atoms with Gasteiger partial charge in [-0.05, 0) is 30.9 Å². The Bertz CT molecular complexity index is 440. The standard InChI is InChI=1S/C15H19F2NO/c16-15(17,12-4-5-12)13-3-1-2-11(8-13)9-14-10-19-7-6-18-14/h1-3,8,12,14,18H,4-7,9-10H2. The van der Waals surface area contributed by atoms with Crippen molar-refractivity contribution in [3.05, 3.63) is 35.4 Å². The van der Waals surface area contributed by atoms with E-state index in [-0.39, 0.29) is 11.6 Å². The highest BCUT2D eigenvalue weighted by Gasteiger charge is 2.47. The molecule has 1 aliphatic carbocycles. The zero-order valence-corrected chi connectivity index (χ0v) is 10.9. The van der Waals surface area contributed by atoms with Crippen LogP contribution in [0.5, 0.6) is 0 Å². The van der Waals surface area contributed by atoms with Crippen LogP contribution in [-0.2, 0) is 17.1 Å². The monoisotopic (exact) mass is 267 g/mol. The van der Waals surface area contributed by atoms with Crippen LogP contribution in [0, 0.1) is 5.92 Å². The smallest absolute Gasteiger partial charge is 0.276 e. The zero-order valence-electron chi connectivity index (χ0n) is 10.9. The lowest BCUT2D eigenvalue weighted by Gasteiger charge is -2.24. The van der Waals surface area contributed by atoms with Crippen molar-refractivity contribution in [1.82, 2.24) is 5.32 Å². The Morgan fingerprint density at radius 3 is 2.84 bits per heavy atom. The zero-order chi connectivity index (χ0) is 13.3. The highest BCUT2D eigenvalue weighted by molar-refractivity contribution is 5.29. The van der Waals surface area contributed by atoms with E-state index in [9.17, 15) is 8.78 Å². The molecule has 1 saturated carbocycles. The highest BCUT2D eigenvalue weighted by Crippen LogP contribution is 2.49. The molecule has 2 nitrogen and oxygen atoms in total. The lowest BCUT2D eigenvalue weighted by molar-refractivity contribution is -0.0286. The number of hydrogen-bond donors (Lipinski definition) is 1. The Morgan fingerprint density at radius 2 is 2.16 bits per heavy atom. The Morgan fingerprint density at radius 1 is 1.32 bits per heavy atom. The van der Waals surface area contributed by atoms with Crippen LogP contribution in [0.15, 0.2) is 24.3 Å². The molecule has 0 spiro atoms. The Balaban J connectivity index is 1.72. The topological polar surface area (TPSA) is 21.3 Å². The Hall–Kier alpha value is -1.00. The summed E-state index contributed by atoms with van der Waals surface area (Å²) in [6, 6.07) is 7.10. The van der Waals surface area contributed by atoms with Crippen LogP contribution in [0.3, 0.4) is 0 Å². The molecule has 4 heteroatoms. The van der Waals surface area contributed by atoms with Gasteiger partial charge < -0.3 is 10.1 Å². The van der Waals surface area contributed by atoms with E-state index in [1.807, 2.05) is 6.07 Å². The summed E-state index contributed by atoms with van der Waals surface area (Å²) in [6.07, 6.45) is 2.04. The number of alkyl halides is 2. The molecule has 1 unspecified atom stereocenters. The second-order valence-corrected chi connectivity index (χ2v) is 5.53. The molecule has 104 valence electrons. The predicted molar refractivity (Wildman–Crippen MR) is 69.4 cm³/mol. The van der Waals surface area contributed by atoms with Crippen molar-refractivity contribution < 1.29 is 13.5 Å². The molecule has 1 heterocycles. The van der Waals surface area contributed by atoms with E-state index in [0.717, 1.165) is 25.1 Å². The molecule has 1 atom stereocenters. The van der Waals surface area contributed by atoms with Gasteiger partial charge in [0.15, 0.2) is 0 Å². The van der Waals surface area contributed by atoms with Crippen molar-refractivity contribution in [1.29, 1.82) is 0 Å². The first-order chi connectivity index (χ1) is 9.16. The third kappa shape index (κ3) is 2.95. The minimum Gasteiger partial charge on any atom is -0.379 e. The molecule has 3 rings (SSSR count). The third-order valence-corrected chi connectivity index (χ3v) is 3.88. The molecule has 0 aromatic heterocycles. The number of halogens is 2. The molecule has 2 aliphatic rings. The van der Waals surface area contributed by atoms with Gasteiger partial charge in [0.05, 0.1) is 13.2 Å². The van der Waals surface area contributed by atoms with Gasteiger partial charge in [0.2, 0.25) is 0 Å². The normalized spacial score (nSPS) is 24.4. The molecule has 0 bridgehead atoms. The van der Waals surface area contributed by atoms with Crippen LogP contribution >= 0.6 is 0 Å². The number of morpholine rings is 1. The first kappa shape index (κ1) is 13.0. The maximum Gasteiger partial charge on any atom is 0.276 e. The molecule has 1 aromatic rings. The van der Waals surface area contributed by atoms with Crippen LogP contribution in [0.4, 0.5) is 8.78 Å². The molecule has 19 heavy (non-hydrogen) atoms. The summed E-state index contributed by atoms with van der Waals surface area (Å²) in [5, 5.41) is 3.35. The Kier molecular flexibility index (Phi) is 3.54. The van der Waals surface area contributed by atoms with Gasteiger partial charge in [-0.15, -0.1) is 0 Å². The summed E-state index contributed by atoms with van der Waals surface area (Å²) in [4.78, 5) is 0. The molecule has 1 aliphatic heterocycles. The summed E-state index contributed by atoms with van der Waals surface area (Å²) in [5.41, 5.74) is 1.13. The van der Waals surface area contributed by atoms with E-state index in [2.05, 4.69) is 5.32 Å². The van der Waals surface area contributed by atoms with Crippen molar-refractivity contribution in [3.8, 4) is 0 Å². The summed E-state index contributed by atoms with van der Waals surface area (Å²) in [6.45, 7) is 2.22. The summed E-state index contributed by atoms with van der Waals surface area (Å²) < 4.78 is 33.5. The quantitative estimate of drug-likeness (QED) is 0.905.